The molecule has 0 fully saturated rings. The van der Waals surface area contributed by atoms with Crippen LogP contribution in [0.25, 0.3) is 16.7 Å². The van der Waals surface area contributed by atoms with Gasteiger partial charge in [0.15, 0.2) is 5.16 Å². The van der Waals surface area contributed by atoms with E-state index < -0.39 is 0 Å². The third-order valence-electron chi connectivity index (χ3n) is 4.69. The molecule has 31 heavy (non-hydrogen) atoms. The Labute approximate surface area is 192 Å². The molecule has 0 unspecified atom stereocenters. The fourth-order valence-corrected chi connectivity index (χ4v) is 4.56. The Morgan fingerprint density at radius 1 is 1.13 bits per heavy atom. The number of anilines is 1. The molecule has 0 aliphatic rings. The van der Waals surface area contributed by atoms with Gasteiger partial charge in [0.2, 0.25) is 11.7 Å². The molecule has 4 aromatic rings. The minimum absolute atomic E-state index is 0.0870. The SMILES string of the molecule is CCCCn1c(=O)c2ccccc2n2c(SCC(=O)Nc3cc(Cl)cc(Cl)c3)nnc12. The minimum Gasteiger partial charge on any atom is -0.325 e. The van der Waals surface area contributed by atoms with E-state index >= 15 is 0 Å². The van der Waals surface area contributed by atoms with Crippen LogP contribution in [-0.4, -0.2) is 30.8 Å². The normalized spacial score (nSPS) is 11.3. The predicted molar refractivity (Wildman–Crippen MR) is 125 cm³/mol. The van der Waals surface area contributed by atoms with E-state index in [1.165, 1.54) is 11.8 Å². The van der Waals surface area contributed by atoms with E-state index in [0.29, 0.717) is 44.1 Å². The Balaban J connectivity index is 1.64. The lowest BCUT2D eigenvalue weighted by molar-refractivity contribution is -0.113. The maximum absolute atomic E-state index is 13.0. The summed E-state index contributed by atoms with van der Waals surface area (Å²) in [6.45, 7) is 2.63. The average molecular weight is 476 g/mol. The zero-order valence-corrected chi connectivity index (χ0v) is 19.0. The van der Waals surface area contributed by atoms with Crippen LogP contribution < -0.4 is 10.9 Å². The van der Waals surface area contributed by atoms with Crippen LogP contribution in [0.5, 0.6) is 0 Å². The first-order chi connectivity index (χ1) is 15.0. The van der Waals surface area contributed by atoms with E-state index in [4.69, 9.17) is 23.2 Å². The van der Waals surface area contributed by atoms with Crippen LogP contribution in [0, 0.1) is 0 Å². The number of fused-ring (bicyclic) bond motifs is 3. The molecule has 0 aliphatic carbocycles. The molecule has 2 aromatic carbocycles. The number of carbonyl (C=O) groups is 1. The van der Waals surface area contributed by atoms with Crippen molar-refractivity contribution in [3.05, 3.63) is 62.9 Å². The molecule has 4 rings (SSSR count). The summed E-state index contributed by atoms with van der Waals surface area (Å²) in [5.74, 6) is 0.346. The van der Waals surface area contributed by atoms with Crippen molar-refractivity contribution in [1.82, 2.24) is 19.2 Å². The molecule has 0 saturated carbocycles. The van der Waals surface area contributed by atoms with Crippen molar-refractivity contribution in [1.29, 1.82) is 0 Å². The summed E-state index contributed by atoms with van der Waals surface area (Å²) in [6, 6.07) is 12.2. The van der Waals surface area contributed by atoms with Crippen LogP contribution in [0.1, 0.15) is 19.8 Å². The van der Waals surface area contributed by atoms with Gasteiger partial charge in [-0.3, -0.25) is 18.6 Å². The van der Waals surface area contributed by atoms with Crippen molar-refractivity contribution in [2.75, 3.05) is 11.1 Å². The van der Waals surface area contributed by atoms with Crippen LogP contribution in [0.4, 0.5) is 5.69 Å². The van der Waals surface area contributed by atoms with Crippen LogP contribution in [0.3, 0.4) is 0 Å². The molecular weight excluding hydrogens is 457 g/mol. The number of unbranched alkanes of at least 4 members (excludes halogenated alkanes) is 1. The average Bonchev–Trinajstić information content (AvgIpc) is 3.15. The summed E-state index contributed by atoms with van der Waals surface area (Å²) in [5, 5.41) is 13.3. The standard InChI is InChI=1S/C21H19Cl2N5O2S/c1-2-3-8-27-19(30)16-6-4-5-7-17(16)28-20(27)25-26-21(28)31-12-18(29)24-15-10-13(22)9-14(23)11-15/h4-7,9-11H,2-3,8,12H2,1H3,(H,24,29). The third kappa shape index (κ3) is 4.56. The molecule has 2 aromatic heterocycles. The fourth-order valence-electron chi connectivity index (χ4n) is 3.30. The topological polar surface area (TPSA) is 81.3 Å². The lowest BCUT2D eigenvalue weighted by atomic mass is 10.2. The Hall–Kier alpha value is -2.55. The van der Waals surface area contributed by atoms with Gasteiger partial charge in [0.25, 0.3) is 5.56 Å². The number of benzene rings is 2. The number of halogens is 2. The van der Waals surface area contributed by atoms with Crippen LogP contribution in [-0.2, 0) is 11.3 Å². The summed E-state index contributed by atoms with van der Waals surface area (Å²) in [7, 11) is 0. The molecule has 160 valence electrons. The van der Waals surface area contributed by atoms with E-state index in [0.717, 1.165) is 12.8 Å². The highest BCUT2D eigenvalue weighted by atomic mass is 35.5. The first kappa shape index (κ1) is 21.7. The molecule has 1 N–H and O–H groups in total. The zero-order valence-electron chi connectivity index (χ0n) is 16.6. The zero-order chi connectivity index (χ0) is 22.0. The summed E-state index contributed by atoms with van der Waals surface area (Å²) in [6.07, 6.45) is 1.81. The smallest absolute Gasteiger partial charge is 0.262 e. The van der Waals surface area contributed by atoms with Crippen molar-refractivity contribution in [3.8, 4) is 0 Å². The van der Waals surface area contributed by atoms with E-state index in [9.17, 15) is 9.59 Å². The van der Waals surface area contributed by atoms with Gasteiger partial charge in [0, 0.05) is 22.3 Å². The molecule has 2 heterocycles. The number of rotatable bonds is 7. The number of thioether (sulfide) groups is 1. The van der Waals surface area contributed by atoms with Crippen LogP contribution in [0.15, 0.2) is 52.4 Å². The van der Waals surface area contributed by atoms with E-state index in [1.807, 2.05) is 22.6 Å². The maximum atomic E-state index is 13.0. The lowest BCUT2D eigenvalue weighted by Gasteiger charge is -2.11. The van der Waals surface area contributed by atoms with Gasteiger partial charge in [-0.15, -0.1) is 10.2 Å². The number of hydrogen-bond acceptors (Lipinski definition) is 5. The highest BCUT2D eigenvalue weighted by Crippen LogP contribution is 2.24. The largest absolute Gasteiger partial charge is 0.325 e. The number of amides is 1. The number of para-hydroxylation sites is 1. The van der Waals surface area contributed by atoms with Crippen molar-refractivity contribution >= 4 is 63.2 Å². The highest BCUT2D eigenvalue weighted by Gasteiger charge is 2.17. The Kier molecular flexibility index (Phi) is 6.50. The number of nitrogens with zero attached hydrogens (tertiary/aromatic N) is 4. The van der Waals surface area contributed by atoms with Gasteiger partial charge in [-0.25, -0.2) is 0 Å². The summed E-state index contributed by atoms with van der Waals surface area (Å²) >= 11 is 13.2. The van der Waals surface area contributed by atoms with Gasteiger partial charge < -0.3 is 5.32 Å². The van der Waals surface area contributed by atoms with E-state index in [-0.39, 0.29) is 17.2 Å². The highest BCUT2D eigenvalue weighted by molar-refractivity contribution is 7.99. The third-order valence-corrected chi connectivity index (χ3v) is 6.06. The molecular formula is C21H19Cl2N5O2S. The number of hydrogen-bond donors (Lipinski definition) is 1. The molecule has 0 spiro atoms. The van der Waals surface area contributed by atoms with Crippen molar-refractivity contribution < 1.29 is 4.79 Å². The second kappa shape index (κ2) is 9.30. The molecule has 0 bridgehead atoms. The van der Waals surface area contributed by atoms with Crippen molar-refractivity contribution in [2.24, 2.45) is 0 Å². The number of carbonyl (C=O) groups excluding carboxylic acids is 1. The molecule has 0 atom stereocenters. The first-order valence-electron chi connectivity index (χ1n) is 9.73. The molecule has 7 nitrogen and oxygen atoms in total. The van der Waals surface area contributed by atoms with Gasteiger partial charge in [-0.05, 0) is 36.8 Å². The molecule has 10 heteroatoms. The second-order valence-corrected chi connectivity index (χ2v) is 8.76. The van der Waals surface area contributed by atoms with Crippen molar-refractivity contribution in [2.45, 2.75) is 31.5 Å². The molecule has 0 saturated heterocycles. The number of nitrogens with one attached hydrogen (secondary N) is 1. The summed E-state index contributed by atoms with van der Waals surface area (Å²) < 4.78 is 3.48. The van der Waals surface area contributed by atoms with Crippen molar-refractivity contribution in [3.63, 3.8) is 0 Å². The van der Waals surface area contributed by atoms with Crippen LogP contribution >= 0.6 is 35.0 Å². The number of aryl methyl sites for hydroxylation is 1. The van der Waals surface area contributed by atoms with E-state index in [1.54, 1.807) is 28.8 Å². The Morgan fingerprint density at radius 2 is 1.87 bits per heavy atom. The minimum atomic E-state index is -0.233. The molecule has 1 amide bonds. The van der Waals surface area contributed by atoms with Gasteiger partial charge in [-0.1, -0.05) is 60.4 Å². The predicted octanol–water partition coefficient (Wildman–Crippen LogP) is 4.88. The second-order valence-electron chi connectivity index (χ2n) is 6.94. The fraction of sp³-hybridized carbons (Fsp3) is 0.238. The quantitative estimate of drug-likeness (QED) is 0.385. The Bertz CT molecular complexity index is 1310. The monoisotopic (exact) mass is 475 g/mol. The van der Waals surface area contributed by atoms with Gasteiger partial charge >= 0.3 is 0 Å². The van der Waals surface area contributed by atoms with Crippen LogP contribution in [0.2, 0.25) is 10.0 Å². The molecule has 0 radical (unpaired) electrons. The Morgan fingerprint density at radius 3 is 2.61 bits per heavy atom. The van der Waals surface area contributed by atoms with Gasteiger partial charge in [0.05, 0.1) is 16.7 Å². The van der Waals surface area contributed by atoms with Gasteiger partial charge in [0.1, 0.15) is 0 Å². The summed E-state index contributed by atoms with van der Waals surface area (Å²) in [5.41, 5.74) is 1.15. The maximum Gasteiger partial charge on any atom is 0.262 e. The summed E-state index contributed by atoms with van der Waals surface area (Å²) in [4.78, 5) is 25.4. The van der Waals surface area contributed by atoms with Gasteiger partial charge in [-0.2, -0.15) is 0 Å². The van der Waals surface area contributed by atoms with E-state index in [2.05, 4.69) is 22.4 Å². The first-order valence-corrected chi connectivity index (χ1v) is 11.5. The lowest BCUT2D eigenvalue weighted by Crippen LogP contribution is -2.23. The number of aromatic nitrogens is 4. The molecule has 0 aliphatic heterocycles.